The van der Waals surface area contributed by atoms with Crippen molar-refractivity contribution in [1.82, 2.24) is 0 Å². The number of halogens is 2. The number of carbonyl (C=O) groups is 2. The second-order valence-electron chi connectivity index (χ2n) is 4.24. The smallest absolute Gasteiger partial charge is 0.338 e. The molecule has 17 heavy (non-hydrogen) atoms. The highest BCUT2D eigenvalue weighted by Gasteiger charge is 2.21. The van der Waals surface area contributed by atoms with E-state index in [9.17, 15) is 14.0 Å². The van der Waals surface area contributed by atoms with Crippen LogP contribution in [0.4, 0.5) is 4.39 Å². The van der Waals surface area contributed by atoms with Crippen molar-refractivity contribution in [1.29, 1.82) is 0 Å². The maximum atomic E-state index is 12.7. The third-order valence-corrected chi connectivity index (χ3v) is 3.38. The van der Waals surface area contributed by atoms with Crippen LogP contribution in [0.2, 0.25) is 0 Å². The molecule has 0 aliphatic heterocycles. The van der Waals surface area contributed by atoms with Gasteiger partial charge in [-0.25, -0.2) is 9.18 Å². The summed E-state index contributed by atoms with van der Waals surface area (Å²) < 4.78 is 12.7. The van der Waals surface area contributed by atoms with Crippen LogP contribution in [0.25, 0.3) is 0 Å². The van der Waals surface area contributed by atoms with Crippen LogP contribution < -0.4 is 0 Å². The van der Waals surface area contributed by atoms with Gasteiger partial charge in [-0.2, -0.15) is 0 Å². The molecule has 2 atom stereocenters. The summed E-state index contributed by atoms with van der Waals surface area (Å²) in [5, 5.41) is 8.34. The normalized spacial score (nSPS) is 21.4. The number of aliphatic carboxylic acids is 1. The maximum absolute atomic E-state index is 12.7. The van der Waals surface area contributed by atoms with E-state index in [1.54, 1.807) is 0 Å². The Labute approximate surface area is 108 Å². The molecule has 0 aromatic heterocycles. The van der Waals surface area contributed by atoms with Gasteiger partial charge < -0.3 is 5.11 Å². The molecule has 5 heteroatoms. The Kier molecular flexibility index (Phi) is 5.82. The molecular formula is C12H16BrFO3. The van der Waals surface area contributed by atoms with Crippen LogP contribution in [0.3, 0.4) is 0 Å². The van der Waals surface area contributed by atoms with Crippen molar-refractivity contribution < 1.29 is 19.1 Å². The third kappa shape index (κ3) is 4.98. The number of hydrogen-bond acceptors (Lipinski definition) is 2. The van der Waals surface area contributed by atoms with Gasteiger partial charge in [0.1, 0.15) is 0 Å². The average molecular weight is 307 g/mol. The number of carbonyl (C=O) groups excluding carboxylic acids is 1. The highest BCUT2D eigenvalue weighted by Crippen LogP contribution is 2.25. The first-order valence-electron chi connectivity index (χ1n) is 5.75. The first kappa shape index (κ1) is 14.4. The Balaban J connectivity index is 2.11. The van der Waals surface area contributed by atoms with Crippen molar-refractivity contribution in [3.8, 4) is 0 Å². The van der Waals surface area contributed by atoms with Gasteiger partial charge in [0, 0.05) is 11.2 Å². The van der Waals surface area contributed by atoms with E-state index in [1.165, 1.54) is 0 Å². The van der Waals surface area contributed by atoms with Crippen LogP contribution in [0, 0.1) is 0 Å². The van der Waals surface area contributed by atoms with Gasteiger partial charge in [-0.3, -0.25) is 4.79 Å². The zero-order valence-corrected chi connectivity index (χ0v) is 11.1. The van der Waals surface area contributed by atoms with Gasteiger partial charge in [0.05, 0.1) is 0 Å². The molecule has 0 amide bonds. The molecule has 0 saturated carbocycles. The molecule has 96 valence electrons. The summed E-state index contributed by atoms with van der Waals surface area (Å²) in [5.74, 6) is -1.21. The monoisotopic (exact) mass is 306 g/mol. The molecule has 0 spiro atoms. The number of unbranched alkanes of at least 4 members (excludes halogenated alkanes) is 2. The lowest BCUT2D eigenvalue weighted by molar-refractivity contribution is -0.143. The summed E-state index contributed by atoms with van der Waals surface area (Å²) >= 11 is 3.36. The number of Topliss-reactive ketones (excluding diaryl/α,β-unsaturated/α-hetero) is 1. The molecule has 1 N–H and O–H groups in total. The fraction of sp³-hybridized carbons (Fsp3) is 0.667. The lowest BCUT2D eigenvalue weighted by Gasteiger charge is -2.03. The summed E-state index contributed by atoms with van der Waals surface area (Å²) in [7, 11) is 0. The Morgan fingerprint density at radius 1 is 1.53 bits per heavy atom. The first-order chi connectivity index (χ1) is 8.00. The molecular weight excluding hydrogens is 291 g/mol. The quantitative estimate of drug-likeness (QED) is 0.581. The van der Waals surface area contributed by atoms with E-state index < -0.39 is 12.1 Å². The van der Waals surface area contributed by atoms with Crippen LogP contribution >= 0.6 is 15.9 Å². The van der Waals surface area contributed by atoms with Gasteiger partial charge in [0.15, 0.2) is 12.0 Å². The molecule has 0 heterocycles. The van der Waals surface area contributed by atoms with E-state index in [4.69, 9.17) is 5.11 Å². The van der Waals surface area contributed by atoms with E-state index in [0.717, 1.165) is 18.4 Å². The molecule has 0 radical (unpaired) electrons. The molecule has 0 bridgehead atoms. The Hall–Kier alpha value is -0.710. The van der Waals surface area contributed by atoms with Gasteiger partial charge in [0.2, 0.25) is 0 Å². The molecule has 0 saturated heterocycles. The SMILES string of the molecule is O=C1CC(Br)C=C1CCCCCC(F)C(=O)O. The first-order valence-corrected chi connectivity index (χ1v) is 6.67. The number of carboxylic acid groups (broad SMARTS) is 1. The summed E-state index contributed by atoms with van der Waals surface area (Å²) in [6, 6.07) is 0. The average Bonchev–Trinajstić information content (AvgIpc) is 2.56. The van der Waals surface area contributed by atoms with E-state index in [0.29, 0.717) is 19.3 Å². The van der Waals surface area contributed by atoms with Crippen LogP contribution in [0.15, 0.2) is 11.6 Å². The lowest BCUT2D eigenvalue weighted by Crippen LogP contribution is -2.13. The third-order valence-electron chi connectivity index (χ3n) is 2.79. The van der Waals surface area contributed by atoms with E-state index in [2.05, 4.69) is 15.9 Å². The van der Waals surface area contributed by atoms with Gasteiger partial charge in [-0.15, -0.1) is 0 Å². The van der Waals surface area contributed by atoms with Gasteiger partial charge in [-0.05, 0) is 31.3 Å². The van der Waals surface area contributed by atoms with Crippen LogP contribution in [0.5, 0.6) is 0 Å². The zero-order valence-electron chi connectivity index (χ0n) is 9.49. The number of hydrogen-bond donors (Lipinski definition) is 1. The predicted octanol–water partition coefficient (Wildman–Crippen LogP) is 3.02. The summed E-state index contributed by atoms with van der Waals surface area (Å²) in [4.78, 5) is 21.8. The second-order valence-corrected chi connectivity index (χ2v) is 5.42. The fourth-order valence-electron chi connectivity index (χ4n) is 1.84. The van der Waals surface area contributed by atoms with Crippen molar-refractivity contribution in [3.05, 3.63) is 11.6 Å². The van der Waals surface area contributed by atoms with Crippen LogP contribution in [-0.2, 0) is 9.59 Å². The minimum absolute atomic E-state index is 0.0589. The number of alkyl halides is 2. The van der Waals surface area contributed by atoms with E-state index in [1.807, 2.05) is 6.08 Å². The molecule has 3 nitrogen and oxygen atoms in total. The standard InChI is InChI=1S/C12H16BrFO3/c13-9-6-8(11(15)7-9)4-2-1-3-5-10(14)12(16)17/h6,9-10H,1-5,7H2,(H,16,17). The molecule has 0 aromatic carbocycles. The van der Waals surface area contributed by atoms with Crippen molar-refractivity contribution in [2.75, 3.05) is 0 Å². The van der Waals surface area contributed by atoms with E-state index in [-0.39, 0.29) is 17.0 Å². The lowest BCUT2D eigenvalue weighted by atomic mass is 10.0. The van der Waals surface area contributed by atoms with Crippen molar-refractivity contribution >= 4 is 27.7 Å². The molecule has 1 rings (SSSR count). The highest BCUT2D eigenvalue weighted by molar-refractivity contribution is 9.09. The van der Waals surface area contributed by atoms with Crippen LogP contribution in [0.1, 0.15) is 38.5 Å². The molecule has 1 aliphatic rings. The molecule has 0 aromatic rings. The zero-order chi connectivity index (χ0) is 12.8. The predicted molar refractivity (Wildman–Crippen MR) is 66.0 cm³/mol. The molecule has 2 unspecified atom stereocenters. The fourth-order valence-corrected chi connectivity index (χ4v) is 2.45. The van der Waals surface area contributed by atoms with Crippen molar-refractivity contribution in [3.63, 3.8) is 0 Å². The van der Waals surface area contributed by atoms with E-state index >= 15 is 0 Å². The second kappa shape index (κ2) is 6.89. The molecule has 0 fully saturated rings. The van der Waals surface area contributed by atoms with Gasteiger partial charge in [0.25, 0.3) is 0 Å². The minimum atomic E-state index is -1.76. The summed E-state index contributed by atoms with van der Waals surface area (Å²) in [6.07, 6.45) is 3.59. The van der Waals surface area contributed by atoms with Crippen molar-refractivity contribution in [2.24, 2.45) is 0 Å². The summed E-state index contributed by atoms with van der Waals surface area (Å²) in [5.41, 5.74) is 0.849. The number of carboxylic acids is 1. The maximum Gasteiger partial charge on any atom is 0.338 e. The Morgan fingerprint density at radius 2 is 2.24 bits per heavy atom. The summed E-state index contributed by atoms with van der Waals surface area (Å²) in [6.45, 7) is 0. The topological polar surface area (TPSA) is 54.4 Å². The minimum Gasteiger partial charge on any atom is -0.479 e. The number of ketones is 1. The Bertz CT molecular complexity index is 328. The Morgan fingerprint density at radius 3 is 2.76 bits per heavy atom. The van der Waals surface area contributed by atoms with Crippen LogP contribution in [-0.4, -0.2) is 27.9 Å². The number of allylic oxidation sites excluding steroid dienone is 2. The van der Waals surface area contributed by atoms with Crippen molar-refractivity contribution in [2.45, 2.75) is 49.5 Å². The van der Waals surface area contributed by atoms with Gasteiger partial charge in [-0.1, -0.05) is 28.4 Å². The number of rotatable bonds is 7. The molecule has 1 aliphatic carbocycles. The van der Waals surface area contributed by atoms with Gasteiger partial charge >= 0.3 is 5.97 Å². The largest absolute Gasteiger partial charge is 0.479 e. The highest BCUT2D eigenvalue weighted by atomic mass is 79.9.